The Morgan fingerprint density at radius 1 is 1.28 bits per heavy atom. The first-order valence-corrected chi connectivity index (χ1v) is 11.4. The van der Waals surface area contributed by atoms with E-state index in [1.54, 1.807) is 0 Å². The molecule has 1 aliphatic carbocycles. The SMILES string of the molecule is CC1CCc2c(sc3nc(CN4CCOCC4)nc(Oc4cccc(Cl)c4)c23)C1. The first kappa shape index (κ1) is 19.2. The van der Waals surface area contributed by atoms with E-state index in [2.05, 4.69) is 11.8 Å². The molecule has 7 heteroatoms. The minimum Gasteiger partial charge on any atom is -0.438 e. The van der Waals surface area contributed by atoms with Crippen molar-refractivity contribution in [2.75, 3.05) is 26.3 Å². The lowest BCUT2D eigenvalue weighted by Gasteiger charge is -2.25. The van der Waals surface area contributed by atoms with Gasteiger partial charge in [-0.25, -0.2) is 4.98 Å². The van der Waals surface area contributed by atoms with Gasteiger partial charge in [-0.05, 0) is 48.9 Å². The van der Waals surface area contributed by atoms with Crippen LogP contribution in [0.5, 0.6) is 11.6 Å². The Morgan fingerprint density at radius 3 is 2.97 bits per heavy atom. The zero-order valence-corrected chi connectivity index (χ0v) is 18.1. The quantitative estimate of drug-likeness (QED) is 0.577. The van der Waals surface area contributed by atoms with Crippen LogP contribution in [0.2, 0.25) is 5.02 Å². The largest absolute Gasteiger partial charge is 0.438 e. The summed E-state index contributed by atoms with van der Waals surface area (Å²) in [5.41, 5.74) is 1.37. The van der Waals surface area contributed by atoms with E-state index in [0.29, 0.717) is 29.1 Å². The van der Waals surface area contributed by atoms with E-state index in [1.165, 1.54) is 16.9 Å². The Bertz CT molecular complexity index is 1030. The van der Waals surface area contributed by atoms with Crippen molar-refractivity contribution in [2.24, 2.45) is 5.92 Å². The normalized spacial score (nSPS) is 20.0. The van der Waals surface area contributed by atoms with Crippen LogP contribution in [0.1, 0.15) is 29.6 Å². The molecular formula is C22H24ClN3O2S. The number of aryl methyl sites for hydroxylation is 1. The highest BCUT2D eigenvalue weighted by molar-refractivity contribution is 7.18. The van der Waals surface area contributed by atoms with Crippen LogP contribution in [0.25, 0.3) is 10.2 Å². The number of ether oxygens (including phenoxy) is 2. The molecule has 0 amide bonds. The summed E-state index contributed by atoms with van der Waals surface area (Å²) in [6.07, 6.45) is 3.38. The molecule has 5 nitrogen and oxygen atoms in total. The van der Waals surface area contributed by atoms with Crippen molar-refractivity contribution in [1.82, 2.24) is 14.9 Å². The standard InChI is InChI=1S/C22H24ClN3O2S/c1-14-5-6-17-18(11-14)29-22-20(17)21(28-16-4-2-3-15(23)12-16)24-19(25-22)13-26-7-9-27-10-8-26/h2-4,12,14H,5-11,13H2,1H3. The Hall–Kier alpha value is -1.73. The summed E-state index contributed by atoms with van der Waals surface area (Å²) in [6, 6.07) is 7.50. The maximum atomic E-state index is 6.28. The summed E-state index contributed by atoms with van der Waals surface area (Å²) in [5.74, 6) is 2.89. The van der Waals surface area contributed by atoms with E-state index in [0.717, 1.165) is 55.2 Å². The van der Waals surface area contributed by atoms with Crippen molar-refractivity contribution >= 4 is 33.2 Å². The molecule has 0 radical (unpaired) electrons. The molecular weight excluding hydrogens is 406 g/mol. The van der Waals surface area contributed by atoms with Crippen molar-refractivity contribution in [3.05, 3.63) is 45.6 Å². The van der Waals surface area contributed by atoms with Crippen LogP contribution in [-0.2, 0) is 24.1 Å². The molecule has 1 saturated heterocycles. The predicted molar refractivity (Wildman–Crippen MR) is 116 cm³/mol. The summed E-state index contributed by atoms with van der Waals surface area (Å²) in [5, 5.41) is 1.74. The number of hydrogen-bond donors (Lipinski definition) is 0. The molecule has 1 aliphatic heterocycles. The molecule has 1 unspecified atom stereocenters. The second-order valence-electron chi connectivity index (χ2n) is 7.92. The Labute approximate surface area is 179 Å². The predicted octanol–water partition coefficient (Wildman–Crippen LogP) is 5.09. The monoisotopic (exact) mass is 429 g/mol. The molecule has 2 aliphatic rings. The summed E-state index contributed by atoms with van der Waals surface area (Å²) in [4.78, 5) is 14.6. The van der Waals surface area contributed by atoms with Crippen molar-refractivity contribution in [3.8, 4) is 11.6 Å². The maximum Gasteiger partial charge on any atom is 0.231 e. The van der Waals surface area contributed by atoms with Gasteiger partial charge in [-0.3, -0.25) is 4.90 Å². The van der Waals surface area contributed by atoms with E-state index < -0.39 is 0 Å². The number of benzene rings is 1. The molecule has 3 aromatic rings. The third-order valence-corrected chi connectivity index (χ3v) is 7.03. The minimum absolute atomic E-state index is 0.655. The molecule has 0 spiro atoms. The molecule has 29 heavy (non-hydrogen) atoms. The highest BCUT2D eigenvalue weighted by Crippen LogP contribution is 2.42. The van der Waals surface area contributed by atoms with Gasteiger partial charge in [0.25, 0.3) is 0 Å². The van der Waals surface area contributed by atoms with Crippen LogP contribution < -0.4 is 4.74 Å². The van der Waals surface area contributed by atoms with Crippen LogP contribution in [0.4, 0.5) is 0 Å². The fraction of sp³-hybridized carbons (Fsp3) is 0.455. The molecule has 1 aromatic carbocycles. The van der Waals surface area contributed by atoms with E-state index in [9.17, 15) is 0 Å². The van der Waals surface area contributed by atoms with Crippen molar-refractivity contribution in [3.63, 3.8) is 0 Å². The molecule has 0 saturated carbocycles. The van der Waals surface area contributed by atoms with Gasteiger partial charge in [0.05, 0.1) is 25.1 Å². The highest BCUT2D eigenvalue weighted by Gasteiger charge is 2.25. The number of aromatic nitrogens is 2. The second kappa shape index (κ2) is 8.19. The number of thiophene rings is 1. The van der Waals surface area contributed by atoms with Gasteiger partial charge in [0.15, 0.2) is 0 Å². The van der Waals surface area contributed by atoms with Gasteiger partial charge in [0, 0.05) is 23.0 Å². The number of nitrogens with zero attached hydrogens (tertiary/aromatic N) is 3. The third kappa shape index (κ3) is 4.12. The zero-order valence-electron chi connectivity index (χ0n) is 16.5. The molecule has 0 N–H and O–H groups in total. The van der Waals surface area contributed by atoms with Crippen LogP contribution in [-0.4, -0.2) is 41.2 Å². The zero-order chi connectivity index (χ0) is 19.8. The van der Waals surface area contributed by atoms with Crippen LogP contribution >= 0.6 is 22.9 Å². The minimum atomic E-state index is 0.655. The Morgan fingerprint density at radius 2 is 2.14 bits per heavy atom. The summed E-state index contributed by atoms with van der Waals surface area (Å²) >= 11 is 7.98. The lowest BCUT2D eigenvalue weighted by atomic mass is 9.89. The maximum absolute atomic E-state index is 6.28. The molecule has 0 bridgehead atoms. The smallest absolute Gasteiger partial charge is 0.231 e. The highest BCUT2D eigenvalue weighted by atomic mass is 35.5. The number of hydrogen-bond acceptors (Lipinski definition) is 6. The lowest BCUT2D eigenvalue weighted by Crippen LogP contribution is -2.36. The molecule has 152 valence electrons. The van der Waals surface area contributed by atoms with Gasteiger partial charge >= 0.3 is 0 Å². The molecule has 5 rings (SSSR count). The first-order chi connectivity index (χ1) is 14.2. The summed E-state index contributed by atoms with van der Waals surface area (Å²) < 4.78 is 11.8. The van der Waals surface area contributed by atoms with E-state index in [1.807, 2.05) is 35.6 Å². The summed E-state index contributed by atoms with van der Waals surface area (Å²) in [6.45, 7) is 6.38. The van der Waals surface area contributed by atoms with Crippen LogP contribution in [0, 0.1) is 5.92 Å². The van der Waals surface area contributed by atoms with Gasteiger partial charge in [-0.2, -0.15) is 4.98 Å². The lowest BCUT2D eigenvalue weighted by molar-refractivity contribution is 0.0330. The van der Waals surface area contributed by atoms with Gasteiger partial charge in [0.2, 0.25) is 5.88 Å². The first-order valence-electron chi connectivity index (χ1n) is 10.2. The average molecular weight is 430 g/mol. The topological polar surface area (TPSA) is 47.5 Å². The van der Waals surface area contributed by atoms with E-state index in [4.69, 9.17) is 31.0 Å². The Kier molecular flexibility index (Phi) is 5.43. The average Bonchev–Trinajstić information content (AvgIpc) is 3.06. The van der Waals surface area contributed by atoms with Crippen molar-refractivity contribution in [1.29, 1.82) is 0 Å². The van der Waals surface area contributed by atoms with Crippen LogP contribution in [0.15, 0.2) is 24.3 Å². The molecule has 1 fully saturated rings. The number of halogens is 1. The van der Waals surface area contributed by atoms with Gasteiger partial charge in [-0.15, -0.1) is 11.3 Å². The third-order valence-electron chi connectivity index (χ3n) is 5.65. The van der Waals surface area contributed by atoms with Crippen LogP contribution in [0.3, 0.4) is 0 Å². The van der Waals surface area contributed by atoms with E-state index in [-0.39, 0.29) is 0 Å². The van der Waals surface area contributed by atoms with E-state index >= 15 is 0 Å². The fourth-order valence-corrected chi connectivity index (χ4v) is 5.67. The van der Waals surface area contributed by atoms with Gasteiger partial charge in [0.1, 0.15) is 16.4 Å². The Balaban J connectivity index is 1.56. The fourth-order valence-electron chi connectivity index (χ4n) is 4.10. The van der Waals surface area contributed by atoms with Crippen molar-refractivity contribution in [2.45, 2.75) is 32.7 Å². The second-order valence-corrected chi connectivity index (χ2v) is 9.44. The molecule has 1 atom stereocenters. The summed E-state index contributed by atoms with van der Waals surface area (Å²) in [7, 11) is 0. The molecule has 3 heterocycles. The van der Waals surface area contributed by atoms with Gasteiger partial charge in [-0.1, -0.05) is 24.6 Å². The number of morpholine rings is 1. The number of rotatable bonds is 4. The van der Waals surface area contributed by atoms with Crippen molar-refractivity contribution < 1.29 is 9.47 Å². The number of fused-ring (bicyclic) bond motifs is 3. The van der Waals surface area contributed by atoms with Gasteiger partial charge < -0.3 is 9.47 Å². The molecule has 2 aromatic heterocycles.